The van der Waals surface area contributed by atoms with Gasteiger partial charge in [0.25, 0.3) is 17.7 Å². The number of carbonyl (C=O) groups is 4. The number of amides is 3. The summed E-state index contributed by atoms with van der Waals surface area (Å²) in [6, 6.07) is 15.2. The molecule has 0 saturated carbocycles. The van der Waals surface area contributed by atoms with Crippen LogP contribution in [0.4, 0.5) is 0 Å². The van der Waals surface area contributed by atoms with Crippen molar-refractivity contribution in [3.8, 4) is 0 Å². The lowest BCUT2D eigenvalue weighted by molar-refractivity contribution is -0.143. The molecule has 0 atom stereocenters. The third kappa shape index (κ3) is 5.68. The lowest BCUT2D eigenvalue weighted by atomic mass is 10.1. The van der Waals surface area contributed by atoms with Crippen LogP contribution in [-0.4, -0.2) is 48.3 Å². The zero-order valence-electron chi connectivity index (χ0n) is 19.7. The largest absolute Gasteiger partial charge is 0.466 e. The third-order valence-electron chi connectivity index (χ3n) is 5.90. The van der Waals surface area contributed by atoms with Crippen molar-refractivity contribution in [2.45, 2.75) is 32.1 Å². The standard InChI is InChI=1S/C27H26N2O7/c30-23(13-2-1-7-15-29-25(32)19-10-4-5-11-20(19)26(29)33)35-16-8-14-28-24(31)21-17-18-9-3-6-12-22(18)36-27(21)34/h3-6,9-12,17H,1-2,7-8,13-16H2,(H,28,31). The number of benzene rings is 2. The second kappa shape index (κ2) is 11.4. The second-order valence-electron chi connectivity index (χ2n) is 8.43. The first-order valence-electron chi connectivity index (χ1n) is 11.9. The minimum absolute atomic E-state index is 0.0769. The average molecular weight is 491 g/mol. The summed E-state index contributed by atoms with van der Waals surface area (Å²) >= 11 is 0. The quantitative estimate of drug-likeness (QED) is 0.189. The zero-order valence-corrected chi connectivity index (χ0v) is 19.7. The lowest BCUT2D eigenvalue weighted by Crippen LogP contribution is -2.30. The number of nitrogens with one attached hydrogen (secondary N) is 1. The molecule has 186 valence electrons. The Bertz CT molecular complexity index is 1330. The van der Waals surface area contributed by atoms with Crippen molar-refractivity contribution in [1.82, 2.24) is 10.2 Å². The van der Waals surface area contributed by atoms with E-state index in [4.69, 9.17) is 9.15 Å². The fourth-order valence-electron chi connectivity index (χ4n) is 4.01. The predicted molar refractivity (Wildman–Crippen MR) is 131 cm³/mol. The molecule has 0 spiro atoms. The Balaban J connectivity index is 1.08. The van der Waals surface area contributed by atoms with Crippen LogP contribution in [0, 0.1) is 0 Å². The van der Waals surface area contributed by atoms with Crippen molar-refractivity contribution in [3.05, 3.63) is 81.7 Å². The van der Waals surface area contributed by atoms with E-state index in [9.17, 15) is 24.0 Å². The molecule has 2 heterocycles. The molecule has 36 heavy (non-hydrogen) atoms. The Morgan fingerprint density at radius 3 is 2.31 bits per heavy atom. The first-order valence-corrected chi connectivity index (χ1v) is 11.9. The molecule has 0 radical (unpaired) electrons. The molecule has 0 bridgehead atoms. The van der Waals surface area contributed by atoms with Gasteiger partial charge in [0.1, 0.15) is 11.1 Å². The van der Waals surface area contributed by atoms with Crippen LogP contribution in [0.1, 0.15) is 63.2 Å². The van der Waals surface area contributed by atoms with Gasteiger partial charge in [-0.15, -0.1) is 0 Å². The summed E-state index contributed by atoms with van der Waals surface area (Å²) in [5.41, 5.74) is 0.494. The molecule has 0 aliphatic carbocycles. The number of hydrogen-bond donors (Lipinski definition) is 1. The van der Waals surface area contributed by atoms with Gasteiger partial charge in [-0.1, -0.05) is 36.8 Å². The van der Waals surface area contributed by atoms with Gasteiger partial charge in [-0.05, 0) is 43.5 Å². The highest BCUT2D eigenvalue weighted by Crippen LogP contribution is 2.22. The molecular formula is C27H26N2O7. The van der Waals surface area contributed by atoms with E-state index in [1.54, 1.807) is 48.5 Å². The maximum absolute atomic E-state index is 12.3. The van der Waals surface area contributed by atoms with Crippen LogP contribution < -0.4 is 10.9 Å². The van der Waals surface area contributed by atoms with Gasteiger partial charge in [0.15, 0.2) is 0 Å². The van der Waals surface area contributed by atoms with Crippen LogP contribution in [0.3, 0.4) is 0 Å². The highest BCUT2D eigenvalue weighted by molar-refractivity contribution is 6.21. The van der Waals surface area contributed by atoms with Crippen molar-refractivity contribution in [3.63, 3.8) is 0 Å². The first-order chi connectivity index (χ1) is 17.5. The van der Waals surface area contributed by atoms with E-state index in [1.165, 1.54) is 11.0 Å². The van der Waals surface area contributed by atoms with E-state index in [1.807, 2.05) is 0 Å². The molecule has 4 rings (SSSR count). The normalized spacial score (nSPS) is 12.6. The minimum atomic E-state index is -0.708. The van der Waals surface area contributed by atoms with E-state index >= 15 is 0 Å². The van der Waals surface area contributed by atoms with Gasteiger partial charge in [0.05, 0.1) is 17.7 Å². The Labute approximate surface area is 207 Å². The van der Waals surface area contributed by atoms with Crippen molar-refractivity contribution in [2.24, 2.45) is 0 Å². The molecule has 1 aliphatic rings. The van der Waals surface area contributed by atoms with Crippen LogP contribution in [-0.2, 0) is 9.53 Å². The van der Waals surface area contributed by atoms with Crippen molar-refractivity contribution in [1.29, 1.82) is 0 Å². The van der Waals surface area contributed by atoms with Gasteiger partial charge in [-0.25, -0.2) is 4.79 Å². The topological polar surface area (TPSA) is 123 Å². The Morgan fingerprint density at radius 1 is 0.861 bits per heavy atom. The predicted octanol–water partition coefficient (Wildman–Crippen LogP) is 3.31. The molecule has 0 unspecified atom stereocenters. The van der Waals surface area contributed by atoms with Crippen LogP contribution in [0.2, 0.25) is 0 Å². The molecular weight excluding hydrogens is 464 g/mol. The first kappa shape index (κ1) is 24.8. The summed E-state index contributed by atoms with van der Waals surface area (Å²) in [4.78, 5) is 62.1. The second-order valence-corrected chi connectivity index (χ2v) is 8.43. The number of unbranched alkanes of at least 4 members (excludes halogenated alkanes) is 2. The van der Waals surface area contributed by atoms with Gasteiger partial charge in [-0.3, -0.25) is 24.1 Å². The smallest absolute Gasteiger partial charge is 0.349 e. The molecule has 3 amide bonds. The number of fused-ring (bicyclic) bond motifs is 2. The lowest BCUT2D eigenvalue weighted by Gasteiger charge is -2.13. The van der Waals surface area contributed by atoms with Crippen LogP contribution in [0.15, 0.2) is 63.8 Å². The van der Waals surface area contributed by atoms with E-state index < -0.39 is 11.5 Å². The average Bonchev–Trinajstić information content (AvgIpc) is 3.12. The van der Waals surface area contributed by atoms with E-state index in [2.05, 4.69) is 5.32 Å². The van der Waals surface area contributed by atoms with Crippen molar-refractivity contribution >= 4 is 34.7 Å². The molecule has 9 heteroatoms. The molecule has 1 aromatic heterocycles. The maximum atomic E-state index is 12.3. The fourth-order valence-corrected chi connectivity index (χ4v) is 4.01. The highest BCUT2D eigenvalue weighted by Gasteiger charge is 2.34. The number of esters is 1. The molecule has 2 aromatic carbocycles. The summed E-state index contributed by atoms with van der Waals surface area (Å²) < 4.78 is 10.3. The molecule has 3 aromatic rings. The SMILES string of the molecule is O=C(CCCCCN1C(=O)c2ccccc2C1=O)OCCCNC(=O)c1cc2ccccc2oc1=O. The Morgan fingerprint density at radius 2 is 1.56 bits per heavy atom. The van der Waals surface area contributed by atoms with Crippen LogP contribution >= 0.6 is 0 Å². The van der Waals surface area contributed by atoms with E-state index in [-0.39, 0.29) is 42.9 Å². The number of imide groups is 1. The third-order valence-corrected chi connectivity index (χ3v) is 5.90. The van der Waals surface area contributed by atoms with Crippen molar-refractivity contribution < 1.29 is 28.3 Å². The summed E-state index contributed by atoms with van der Waals surface area (Å²) in [6.07, 6.45) is 2.49. The summed E-state index contributed by atoms with van der Waals surface area (Å²) in [6.45, 7) is 0.690. The molecule has 0 saturated heterocycles. The monoisotopic (exact) mass is 490 g/mol. The van der Waals surface area contributed by atoms with Gasteiger partial charge in [0.2, 0.25) is 0 Å². The van der Waals surface area contributed by atoms with Crippen LogP contribution in [0.5, 0.6) is 0 Å². The molecule has 0 fully saturated rings. The van der Waals surface area contributed by atoms with Crippen LogP contribution in [0.25, 0.3) is 11.0 Å². The van der Waals surface area contributed by atoms with Gasteiger partial charge >= 0.3 is 11.6 Å². The van der Waals surface area contributed by atoms with Gasteiger partial charge < -0.3 is 14.5 Å². The van der Waals surface area contributed by atoms with Crippen molar-refractivity contribution in [2.75, 3.05) is 19.7 Å². The Hall–Kier alpha value is -4.27. The van der Waals surface area contributed by atoms with Gasteiger partial charge in [-0.2, -0.15) is 0 Å². The van der Waals surface area contributed by atoms with E-state index in [0.717, 1.165) is 0 Å². The molecule has 9 nitrogen and oxygen atoms in total. The number of hydrogen-bond acceptors (Lipinski definition) is 7. The molecule has 1 N–H and O–H groups in total. The number of nitrogens with zero attached hydrogens (tertiary/aromatic N) is 1. The maximum Gasteiger partial charge on any atom is 0.349 e. The molecule has 1 aliphatic heterocycles. The zero-order chi connectivity index (χ0) is 25.5. The fraction of sp³-hybridized carbons (Fsp3) is 0.296. The number of ether oxygens (including phenoxy) is 1. The van der Waals surface area contributed by atoms with E-state index in [0.29, 0.717) is 54.3 Å². The number of para-hydroxylation sites is 1. The van der Waals surface area contributed by atoms with Gasteiger partial charge in [0, 0.05) is 24.9 Å². The highest BCUT2D eigenvalue weighted by atomic mass is 16.5. The number of rotatable bonds is 11. The summed E-state index contributed by atoms with van der Waals surface area (Å²) in [5.74, 6) is -1.44. The summed E-state index contributed by atoms with van der Waals surface area (Å²) in [7, 11) is 0. The minimum Gasteiger partial charge on any atom is -0.466 e. The Kier molecular flexibility index (Phi) is 7.89. The summed E-state index contributed by atoms with van der Waals surface area (Å²) in [5, 5.41) is 3.28. The number of carbonyl (C=O) groups excluding carboxylic acids is 4.